The van der Waals surface area contributed by atoms with E-state index < -0.39 is 32.9 Å². The van der Waals surface area contributed by atoms with Crippen LogP contribution >= 0.6 is 0 Å². The van der Waals surface area contributed by atoms with Gasteiger partial charge < -0.3 is 10.1 Å². The molecule has 0 aliphatic rings. The van der Waals surface area contributed by atoms with E-state index in [4.69, 9.17) is 0 Å². The number of rotatable bonds is 5. The Labute approximate surface area is 148 Å². The van der Waals surface area contributed by atoms with Gasteiger partial charge in [0.05, 0.1) is 10.6 Å². The van der Waals surface area contributed by atoms with Crippen LogP contribution in [0, 0.1) is 6.92 Å². The number of nitrogens with one attached hydrogen (secondary N) is 2. The number of amides is 1. The minimum absolute atomic E-state index is 0.133. The summed E-state index contributed by atoms with van der Waals surface area (Å²) in [6, 6.07) is 8.45. The summed E-state index contributed by atoms with van der Waals surface area (Å²) in [4.78, 5) is 11.4. The average Bonchev–Trinajstić information content (AvgIpc) is 2.54. The number of hydrogen-bond donors (Lipinski definition) is 2. The molecule has 0 saturated carbocycles. The van der Waals surface area contributed by atoms with Crippen LogP contribution in [0.3, 0.4) is 0 Å². The molecule has 0 heterocycles. The Balaban J connectivity index is 2.35. The molecule has 140 valence electrons. The number of anilines is 1. The maximum atomic E-state index is 12.5. The molecular weight excluding hydrogens is 373 g/mol. The molecule has 0 fully saturated rings. The van der Waals surface area contributed by atoms with Gasteiger partial charge in [0.25, 0.3) is 15.9 Å². The molecule has 0 spiro atoms. The largest absolute Gasteiger partial charge is 0.573 e. The summed E-state index contributed by atoms with van der Waals surface area (Å²) in [5.74, 6) is -1.06. The van der Waals surface area contributed by atoms with Crippen LogP contribution in [-0.2, 0) is 10.0 Å². The Kier molecular flexibility index (Phi) is 5.45. The first-order valence-corrected chi connectivity index (χ1v) is 8.72. The Morgan fingerprint density at radius 3 is 2.38 bits per heavy atom. The standard InChI is InChI=1S/C16H15F3N2O4S/c1-10-13(15(22)20-2)7-4-8-14(10)21-26(23,24)12-6-3-5-11(9-12)25-16(17,18)19/h3-9,21H,1-2H3,(H,20,22). The van der Waals surface area contributed by atoms with Gasteiger partial charge in [-0.15, -0.1) is 13.2 Å². The SMILES string of the molecule is CNC(=O)c1cccc(NS(=O)(=O)c2cccc(OC(F)(F)F)c2)c1C. The molecule has 2 aromatic rings. The molecule has 0 bridgehead atoms. The van der Waals surface area contributed by atoms with E-state index in [1.54, 1.807) is 6.92 Å². The van der Waals surface area contributed by atoms with E-state index in [1.165, 1.54) is 25.2 Å². The van der Waals surface area contributed by atoms with Gasteiger partial charge >= 0.3 is 6.36 Å². The average molecular weight is 388 g/mol. The Morgan fingerprint density at radius 1 is 1.12 bits per heavy atom. The maximum absolute atomic E-state index is 12.5. The molecule has 1 amide bonds. The predicted molar refractivity (Wildman–Crippen MR) is 88.5 cm³/mol. The minimum Gasteiger partial charge on any atom is -0.406 e. The fourth-order valence-electron chi connectivity index (χ4n) is 2.17. The van der Waals surface area contributed by atoms with Gasteiger partial charge in [0.1, 0.15) is 5.75 Å². The number of benzene rings is 2. The number of halogens is 3. The van der Waals surface area contributed by atoms with Crippen LogP contribution in [-0.4, -0.2) is 27.7 Å². The van der Waals surface area contributed by atoms with E-state index in [0.717, 1.165) is 24.3 Å². The second kappa shape index (κ2) is 7.24. The Morgan fingerprint density at radius 2 is 1.77 bits per heavy atom. The highest BCUT2D eigenvalue weighted by Crippen LogP contribution is 2.27. The predicted octanol–water partition coefficient (Wildman–Crippen LogP) is 3.05. The van der Waals surface area contributed by atoms with Gasteiger partial charge in [0.2, 0.25) is 0 Å². The summed E-state index contributed by atoms with van der Waals surface area (Å²) in [5.41, 5.74) is 0.771. The van der Waals surface area contributed by atoms with Crippen molar-refractivity contribution in [2.24, 2.45) is 0 Å². The zero-order valence-corrected chi connectivity index (χ0v) is 14.5. The van der Waals surface area contributed by atoms with Crippen molar-refractivity contribution in [1.82, 2.24) is 5.32 Å². The fourth-order valence-corrected chi connectivity index (χ4v) is 3.33. The minimum atomic E-state index is -4.94. The summed E-state index contributed by atoms with van der Waals surface area (Å²) < 4.78 is 67.8. The van der Waals surface area contributed by atoms with Crippen LogP contribution in [0.2, 0.25) is 0 Å². The van der Waals surface area contributed by atoms with Gasteiger partial charge in [0.15, 0.2) is 0 Å². The number of sulfonamides is 1. The highest BCUT2D eigenvalue weighted by molar-refractivity contribution is 7.92. The third-order valence-electron chi connectivity index (χ3n) is 3.40. The van der Waals surface area contributed by atoms with E-state index in [9.17, 15) is 26.4 Å². The lowest BCUT2D eigenvalue weighted by Gasteiger charge is -2.14. The molecule has 2 aromatic carbocycles. The molecule has 0 aliphatic carbocycles. The summed E-state index contributed by atoms with van der Waals surface area (Å²) in [6.45, 7) is 1.55. The van der Waals surface area contributed by atoms with Gasteiger partial charge in [-0.1, -0.05) is 12.1 Å². The number of hydrogen-bond acceptors (Lipinski definition) is 4. The van der Waals surface area contributed by atoms with Crippen LogP contribution < -0.4 is 14.8 Å². The Hall–Kier alpha value is -2.75. The van der Waals surface area contributed by atoms with Gasteiger partial charge in [-0.2, -0.15) is 0 Å². The maximum Gasteiger partial charge on any atom is 0.573 e. The lowest BCUT2D eigenvalue weighted by atomic mass is 10.1. The third-order valence-corrected chi connectivity index (χ3v) is 4.76. The van der Waals surface area contributed by atoms with Crippen molar-refractivity contribution in [1.29, 1.82) is 0 Å². The van der Waals surface area contributed by atoms with E-state index in [0.29, 0.717) is 5.56 Å². The first-order valence-electron chi connectivity index (χ1n) is 7.24. The van der Waals surface area contributed by atoms with Gasteiger partial charge in [-0.3, -0.25) is 9.52 Å². The summed E-state index contributed by atoms with van der Waals surface area (Å²) >= 11 is 0. The Bertz CT molecular complexity index is 927. The van der Waals surface area contributed by atoms with Crippen LogP contribution in [0.15, 0.2) is 47.4 Å². The van der Waals surface area contributed by atoms with Crippen molar-refractivity contribution in [2.45, 2.75) is 18.2 Å². The monoisotopic (exact) mass is 388 g/mol. The summed E-state index contributed by atoms with van der Waals surface area (Å²) in [6.07, 6.45) is -4.94. The number of alkyl halides is 3. The quantitative estimate of drug-likeness (QED) is 0.825. The van der Waals surface area contributed by atoms with Crippen molar-refractivity contribution in [3.63, 3.8) is 0 Å². The van der Waals surface area contributed by atoms with Gasteiger partial charge in [-0.05, 0) is 36.8 Å². The lowest BCUT2D eigenvalue weighted by Crippen LogP contribution is -2.20. The van der Waals surface area contributed by atoms with Crippen LogP contribution in [0.25, 0.3) is 0 Å². The van der Waals surface area contributed by atoms with Crippen molar-refractivity contribution in [2.75, 3.05) is 11.8 Å². The lowest BCUT2D eigenvalue weighted by molar-refractivity contribution is -0.274. The van der Waals surface area contributed by atoms with E-state index >= 15 is 0 Å². The molecular formula is C16H15F3N2O4S. The molecule has 6 nitrogen and oxygen atoms in total. The van der Waals surface area contributed by atoms with Crippen LogP contribution in [0.4, 0.5) is 18.9 Å². The highest BCUT2D eigenvalue weighted by atomic mass is 32.2. The molecule has 2 rings (SSSR count). The zero-order valence-electron chi connectivity index (χ0n) is 13.7. The van der Waals surface area contributed by atoms with E-state index in [-0.39, 0.29) is 11.3 Å². The van der Waals surface area contributed by atoms with E-state index in [1.807, 2.05) is 0 Å². The molecule has 0 unspecified atom stereocenters. The molecule has 0 radical (unpaired) electrons. The van der Waals surface area contributed by atoms with Crippen molar-refractivity contribution in [3.05, 3.63) is 53.6 Å². The first-order chi connectivity index (χ1) is 12.0. The molecule has 0 aromatic heterocycles. The second-order valence-corrected chi connectivity index (χ2v) is 6.87. The third kappa shape index (κ3) is 4.66. The smallest absolute Gasteiger partial charge is 0.406 e. The highest BCUT2D eigenvalue weighted by Gasteiger charge is 2.31. The topological polar surface area (TPSA) is 84.5 Å². The van der Waals surface area contributed by atoms with Gasteiger partial charge in [-0.25, -0.2) is 8.42 Å². The molecule has 0 aliphatic heterocycles. The van der Waals surface area contributed by atoms with Crippen LogP contribution in [0.1, 0.15) is 15.9 Å². The second-order valence-electron chi connectivity index (χ2n) is 5.19. The fraction of sp³-hybridized carbons (Fsp3) is 0.188. The van der Waals surface area contributed by atoms with Crippen molar-refractivity contribution >= 4 is 21.6 Å². The van der Waals surface area contributed by atoms with Crippen molar-refractivity contribution < 1.29 is 31.1 Å². The molecule has 2 N–H and O–H groups in total. The normalized spacial score (nSPS) is 11.7. The van der Waals surface area contributed by atoms with Crippen LogP contribution in [0.5, 0.6) is 5.75 Å². The first kappa shape index (κ1) is 19.6. The van der Waals surface area contributed by atoms with Crippen molar-refractivity contribution in [3.8, 4) is 5.75 Å². The molecule has 10 heteroatoms. The zero-order chi connectivity index (χ0) is 19.5. The number of ether oxygens (including phenoxy) is 1. The number of carbonyl (C=O) groups is 1. The van der Waals surface area contributed by atoms with Gasteiger partial charge in [0, 0.05) is 18.7 Å². The molecule has 0 atom stereocenters. The summed E-state index contributed by atoms with van der Waals surface area (Å²) in [5, 5.41) is 2.43. The number of carbonyl (C=O) groups excluding carboxylic acids is 1. The molecule has 26 heavy (non-hydrogen) atoms. The summed E-state index contributed by atoms with van der Waals surface area (Å²) in [7, 11) is -2.76. The van der Waals surface area contributed by atoms with E-state index in [2.05, 4.69) is 14.8 Å². The molecule has 0 saturated heterocycles.